The molecular weight excluding hydrogens is 254 g/mol. The normalized spacial score (nSPS) is 16.4. The first-order valence-corrected chi connectivity index (χ1v) is 7.20. The van der Waals surface area contributed by atoms with Gasteiger partial charge in [0.25, 0.3) is 0 Å². The molecule has 106 valence electrons. The highest BCUT2D eigenvalue weighted by molar-refractivity contribution is 5.82. The van der Waals surface area contributed by atoms with Gasteiger partial charge in [-0.1, -0.05) is 12.5 Å². The summed E-state index contributed by atoms with van der Waals surface area (Å²) in [6.45, 7) is 3.82. The molecule has 0 aliphatic carbocycles. The molecule has 4 nitrogen and oxygen atoms in total. The average Bonchev–Trinajstić information content (AvgIpc) is 2.49. The van der Waals surface area contributed by atoms with Crippen molar-refractivity contribution < 1.29 is 9.15 Å². The molecule has 4 heteroatoms. The number of fused-ring (bicyclic) bond motifs is 1. The van der Waals surface area contributed by atoms with Crippen LogP contribution in [0.2, 0.25) is 0 Å². The van der Waals surface area contributed by atoms with Crippen LogP contribution in [0.4, 0.5) is 0 Å². The fourth-order valence-corrected chi connectivity index (χ4v) is 2.69. The summed E-state index contributed by atoms with van der Waals surface area (Å²) in [5.41, 5.74) is 0.521. The van der Waals surface area contributed by atoms with Gasteiger partial charge in [-0.15, -0.1) is 0 Å². The zero-order valence-corrected chi connectivity index (χ0v) is 11.5. The van der Waals surface area contributed by atoms with Crippen LogP contribution in [0, 0.1) is 0 Å². The molecule has 2 aromatic rings. The minimum absolute atomic E-state index is 0.0557. The molecule has 1 aromatic carbocycles. The van der Waals surface area contributed by atoms with Crippen molar-refractivity contribution in [3.63, 3.8) is 0 Å². The van der Waals surface area contributed by atoms with Gasteiger partial charge >= 0.3 is 0 Å². The minimum Gasteiger partial charge on any atom is -0.491 e. The van der Waals surface area contributed by atoms with E-state index in [1.165, 1.54) is 31.6 Å². The lowest BCUT2D eigenvalue weighted by Crippen LogP contribution is -2.33. The van der Waals surface area contributed by atoms with Crippen LogP contribution in [-0.2, 0) is 0 Å². The van der Waals surface area contributed by atoms with Crippen LogP contribution >= 0.6 is 0 Å². The first-order valence-electron chi connectivity index (χ1n) is 7.20. The van der Waals surface area contributed by atoms with Crippen LogP contribution in [0.15, 0.2) is 39.7 Å². The lowest BCUT2D eigenvalue weighted by atomic mass is 10.1. The summed E-state index contributed by atoms with van der Waals surface area (Å²) in [5, 5.41) is 0.536. The van der Waals surface area contributed by atoms with Crippen LogP contribution in [0.25, 0.3) is 11.0 Å². The molecule has 0 saturated carbocycles. The maximum atomic E-state index is 11.9. The van der Waals surface area contributed by atoms with Gasteiger partial charge in [-0.3, -0.25) is 9.69 Å². The molecule has 1 saturated heterocycles. The topological polar surface area (TPSA) is 42.7 Å². The Morgan fingerprint density at radius 1 is 1.15 bits per heavy atom. The Morgan fingerprint density at radius 2 is 2.00 bits per heavy atom. The van der Waals surface area contributed by atoms with Gasteiger partial charge in [0.05, 0.1) is 6.26 Å². The third-order valence-electron chi connectivity index (χ3n) is 3.76. The van der Waals surface area contributed by atoms with Gasteiger partial charge in [-0.25, -0.2) is 0 Å². The van der Waals surface area contributed by atoms with E-state index in [0.717, 1.165) is 19.6 Å². The van der Waals surface area contributed by atoms with Crippen molar-refractivity contribution >= 4 is 11.0 Å². The molecule has 2 heterocycles. The Morgan fingerprint density at radius 3 is 2.85 bits per heavy atom. The van der Waals surface area contributed by atoms with E-state index in [1.54, 1.807) is 6.07 Å². The summed E-state index contributed by atoms with van der Waals surface area (Å²) in [4.78, 5) is 14.3. The summed E-state index contributed by atoms with van der Waals surface area (Å²) in [6.07, 6.45) is 5.31. The molecule has 0 amide bonds. The second-order valence-electron chi connectivity index (χ2n) is 5.16. The van der Waals surface area contributed by atoms with Crippen LogP contribution < -0.4 is 10.2 Å². The SMILES string of the molecule is O=c1ccoc2cccc(OCCN3CCCCC3)c12. The molecule has 1 aromatic heterocycles. The van der Waals surface area contributed by atoms with E-state index in [4.69, 9.17) is 9.15 Å². The maximum Gasteiger partial charge on any atom is 0.196 e. The van der Waals surface area contributed by atoms with Gasteiger partial charge in [0, 0.05) is 12.6 Å². The largest absolute Gasteiger partial charge is 0.491 e. The first-order chi connectivity index (χ1) is 9.84. The number of likely N-dealkylation sites (tertiary alicyclic amines) is 1. The Balaban J connectivity index is 1.69. The number of hydrogen-bond donors (Lipinski definition) is 0. The van der Waals surface area contributed by atoms with E-state index in [1.807, 2.05) is 12.1 Å². The number of rotatable bonds is 4. The Hall–Kier alpha value is -1.81. The third kappa shape index (κ3) is 2.85. The van der Waals surface area contributed by atoms with Crippen molar-refractivity contribution in [2.75, 3.05) is 26.2 Å². The van der Waals surface area contributed by atoms with E-state index in [-0.39, 0.29) is 5.43 Å². The lowest BCUT2D eigenvalue weighted by Gasteiger charge is -2.26. The highest BCUT2D eigenvalue weighted by Gasteiger charge is 2.11. The summed E-state index contributed by atoms with van der Waals surface area (Å²) in [7, 11) is 0. The first kappa shape index (κ1) is 13.2. The molecule has 20 heavy (non-hydrogen) atoms. The van der Waals surface area contributed by atoms with E-state index in [9.17, 15) is 4.79 Å². The quantitative estimate of drug-likeness (QED) is 0.859. The van der Waals surface area contributed by atoms with Crippen molar-refractivity contribution in [2.45, 2.75) is 19.3 Å². The molecular formula is C16H19NO3. The van der Waals surface area contributed by atoms with Gasteiger partial charge in [0.2, 0.25) is 0 Å². The summed E-state index contributed by atoms with van der Waals surface area (Å²) >= 11 is 0. The summed E-state index contributed by atoms with van der Waals surface area (Å²) < 4.78 is 11.1. The molecule has 0 spiro atoms. The van der Waals surface area contributed by atoms with Gasteiger partial charge in [-0.05, 0) is 38.1 Å². The highest BCUT2D eigenvalue weighted by atomic mass is 16.5. The molecule has 0 atom stereocenters. The van der Waals surface area contributed by atoms with Crippen LogP contribution in [-0.4, -0.2) is 31.1 Å². The molecule has 0 radical (unpaired) electrons. The predicted octanol–water partition coefficient (Wildman–Crippen LogP) is 2.66. The van der Waals surface area contributed by atoms with Crippen LogP contribution in [0.1, 0.15) is 19.3 Å². The molecule has 0 bridgehead atoms. The zero-order chi connectivity index (χ0) is 13.8. The highest BCUT2D eigenvalue weighted by Crippen LogP contribution is 2.22. The van der Waals surface area contributed by atoms with Crippen molar-refractivity contribution in [3.8, 4) is 5.75 Å². The van der Waals surface area contributed by atoms with E-state index >= 15 is 0 Å². The number of piperidine rings is 1. The van der Waals surface area contributed by atoms with Gasteiger partial charge in [0.1, 0.15) is 23.3 Å². The smallest absolute Gasteiger partial charge is 0.196 e. The minimum atomic E-state index is -0.0557. The summed E-state index contributed by atoms with van der Waals surface area (Å²) in [6, 6.07) is 6.89. The molecule has 1 fully saturated rings. The van der Waals surface area contributed by atoms with E-state index in [0.29, 0.717) is 23.3 Å². The summed E-state index contributed by atoms with van der Waals surface area (Å²) in [5.74, 6) is 0.619. The monoisotopic (exact) mass is 273 g/mol. The Bertz CT molecular complexity index is 624. The van der Waals surface area contributed by atoms with Gasteiger partial charge in [0.15, 0.2) is 5.43 Å². The van der Waals surface area contributed by atoms with Crippen molar-refractivity contribution in [2.24, 2.45) is 0 Å². The number of benzene rings is 1. The fourth-order valence-electron chi connectivity index (χ4n) is 2.69. The van der Waals surface area contributed by atoms with Crippen molar-refractivity contribution in [1.82, 2.24) is 4.90 Å². The van der Waals surface area contributed by atoms with E-state index < -0.39 is 0 Å². The lowest BCUT2D eigenvalue weighted by molar-refractivity contribution is 0.184. The van der Waals surface area contributed by atoms with E-state index in [2.05, 4.69) is 4.90 Å². The Kier molecular flexibility index (Phi) is 4.02. The second-order valence-corrected chi connectivity index (χ2v) is 5.16. The standard InChI is InChI=1S/C16H19NO3/c18-13-7-11-19-14-5-4-6-15(16(13)14)20-12-10-17-8-2-1-3-9-17/h4-7,11H,1-3,8-10,12H2. The molecule has 1 aliphatic rings. The van der Waals surface area contributed by atoms with Crippen molar-refractivity contribution in [3.05, 3.63) is 40.8 Å². The molecule has 3 rings (SSSR count). The number of ether oxygens (including phenoxy) is 1. The zero-order valence-electron chi connectivity index (χ0n) is 11.5. The number of nitrogens with zero attached hydrogens (tertiary/aromatic N) is 1. The van der Waals surface area contributed by atoms with Crippen LogP contribution in [0.5, 0.6) is 5.75 Å². The molecule has 1 aliphatic heterocycles. The van der Waals surface area contributed by atoms with Gasteiger partial charge in [-0.2, -0.15) is 0 Å². The Labute approximate surface area is 118 Å². The fraction of sp³-hybridized carbons (Fsp3) is 0.438. The van der Waals surface area contributed by atoms with Gasteiger partial charge < -0.3 is 9.15 Å². The average molecular weight is 273 g/mol. The van der Waals surface area contributed by atoms with Crippen LogP contribution in [0.3, 0.4) is 0 Å². The predicted molar refractivity (Wildman–Crippen MR) is 78.3 cm³/mol. The third-order valence-corrected chi connectivity index (χ3v) is 3.76. The molecule has 0 N–H and O–H groups in total. The second kappa shape index (κ2) is 6.09. The molecule has 0 unspecified atom stereocenters. The number of hydrogen-bond acceptors (Lipinski definition) is 4. The maximum absolute atomic E-state index is 11.9. The van der Waals surface area contributed by atoms with Crippen molar-refractivity contribution in [1.29, 1.82) is 0 Å².